The fraction of sp³-hybridized carbons (Fsp3) is 0. The molecule has 0 unspecified atom stereocenters. The van der Waals surface area contributed by atoms with Gasteiger partial charge in [0.05, 0.1) is 11.1 Å². The van der Waals surface area contributed by atoms with E-state index in [1.165, 1.54) is 12.1 Å². The third-order valence-corrected chi connectivity index (χ3v) is 2.82. The van der Waals surface area contributed by atoms with Gasteiger partial charge >= 0.3 is 0 Å². The van der Waals surface area contributed by atoms with E-state index in [9.17, 15) is 4.39 Å². The van der Waals surface area contributed by atoms with Gasteiger partial charge in [0, 0.05) is 17.1 Å². The smallest absolute Gasteiger partial charge is 0.123 e. The second-order valence-corrected chi connectivity index (χ2v) is 4.14. The Hall–Kier alpha value is -2.66. The summed E-state index contributed by atoms with van der Waals surface area (Å²) < 4.78 is 12.8. The minimum Gasteiger partial charge on any atom is -0.255 e. The molecule has 0 spiro atoms. The second-order valence-electron chi connectivity index (χ2n) is 4.14. The summed E-state index contributed by atoms with van der Waals surface area (Å²) in [6.45, 7) is 0. The average Bonchev–Trinajstić information content (AvgIpc) is 2.47. The average molecular weight is 247 g/mol. The van der Waals surface area contributed by atoms with Gasteiger partial charge in [-0.25, -0.2) is 4.39 Å². The van der Waals surface area contributed by atoms with Crippen molar-refractivity contribution < 1.29 is 4.39 Å². The van der Waals surface area contributed by atoms with E-state index < -0.39 is 0 Å². The maximum absolute atomic E-state index is 12.8. The van der Waals surface area contributed by atoms with E-state index in [0.717, 1.165) is 22.0 Å². The van der Waals surface area contributed by atoms with Crippen LogP contribution in [0.2, 0.25) is 0 Å². The van der Waals surface area contributed by atoms with Crippen LogP contribution in [-0.4, -0.2) is 4.98 Å². The number of pyridine rings is 1. The molecule has 0 atom stereocenters. The van der Waals surface area contributed by atoms with Gasteiger partial charge in [0.2, 0.25) is 0 Å². The van der Waals surface area contributed by atoms with Gasteiger partial charge < -0.3 is 0 Å². The van der Waals surface area contributed by atoms with Crippen LogP contribution < -0.4 is 0 Å². The van der Waals surface area contributed by atoms with E-state index in [1.54, 1.807) is 18.3 Å². The van der Waals surface area contributed by atoms with Crippen LogP contribution in [0.5, 0.6) is 0 Å². The van der Waals surface area contributed by atoms with E-state index in [0.29, 0.717) is 0 Å². The van der Waals surface area contributed by atoms with Crippen LogP contribution in [0.25, 0.3) is 10.9 Å². The summed E-state index contributed by atoms with van der Waals surface area (Å²) in [5.41, 5.74) is 2.55. The molecule has 1 aromatic heterocycles. The van der Waals surface area contributed by atoms with Crippen molar-refractivity contribution in [2.45, 2.75) is 0 Å². The highest BCUT2D eigenvalue weighted by molar-refractivity contribution is 5.84. The molecule has 0 N–H and O–H groups in total. The first kappa shape index (κ1) is 11.4. The number of benzene rings is 2. The largest absolute Gasteiger partial charge is 0.255 e. The Labute approximate surface area is 110 Å². The summed E-state index contributed by atoms with van der Waals surface area (Å²) in [6.07, 6.45) is 1.76. The summed E-state index contributed by atoms with van der Waals surface area (Å²) >= 11 is 0. The Morgan fingerprint density at radius 3 is 2.47 bits per heavy atom. The van der Waals surface area contributed by atoms with E-state index >= 15 is 0 Å². The minimum atomic E-state index is -0.252. The topological polar surface area (TPSA) is 12.9 Å². The first-order chi connectivity index (χ1) is 9.33. The molecule has 90 valence electrons. The Morgan fingerprint density at radius 1 is 0.842 bits per heavy atom. The Kier molecular flexibility index (Phi) is 2.96. The predicted octanol–water partition coefficient (Wildman–Crippen LogP) is 3.77. The van der Waals surface area contributed by atoms with Crippen molar-refractivity contribution in [2.75, 3.05) is 0 Å². The monoisotopic (exact) mass is 247 g/mol. The van der Waals surface area contributed by atoms with Gasteiger partial charge in [0.1, 0.15) is 5.82 Å². The van der Waals surface area contributed by atoms with E-state index in [4.69, 9.17) is 0 Å². The summed E-state index contributed by atoms with van der Waals surface area (Å²) in [7, 11) is 0. The van der Waals surface area contributed by atoms with Crippen LogP contribution in [0.1, 0.15) is 11.1 Å². The highest BCUT2D eigenvalue weighted by Gasteiger charge is 1.97. The predicted molar refractivity (Wildman–Crippen MR) is 74.1 cm³/mol. The van der Waals surface area contributed by atoms with Crippen LogP contribution in [0, 0.1) is 17.7 Å². The Bertz CT molecular complexity index is 774. The van der Waals surface area contributed by atoms with E-state index in [2.05, 4.69) is 16.8 Å². The van der Waals surface area contributed by atoms with Gasteiger partial charge in [0.25, 0.3) is 0 Å². The molecule has 0 aliphatic heterocycles. The molecule has 2 aromatic carbocycles. The maximum atomic E-state index is 12.8. The highest BCUT2D eigenvalue weighted by atomic mass is 19.1. The first-order valence-electron chi connectivity index (χ1n) is 5.94. The molecule has 0 amide bonds. The highest BCUT2D eigenvalue weighted by Crippen LogP contribution is 2.14. The lowest BCUT2D eigenvalue weighted by atomic mass is 10.1. The summed E-state index contributed by atoms with van der Waals surface area (Å²) in [5.74, 6) is 5.86. The molecule has 0 aliphatic carbocycles. The van der Waals surface area contributed by atoms with Crippen molar-refractivity contribution in [2.24, 2.45) is 0 Å². The third-order valence-electron chi connectivity index (χ3n) is 2.82. The van der Waals surface area contributed by atoms with Crippen LogP contribution in [-0.2, 0) is 0 Å². The number of nitrogens with zero attached hydrogens (tertiary/aromatic N) is 1. The SMILES string of the molecule is Fc1ccc(C#Cc2cccc3cccnc23)cc1. The maximum Gasteiger partial charge on any atom is 0.123 e. The zero-order chi connectivity index (χ0) is 13.1. The zero-order valence-corrected chi connectivity index (χ0v) is 10.1. The number of hydrogen-bond acceptors (Lipinski definition) is 1. The molecule has 2 heteroatoms. The molecule has 0 aliphatic rings. The van der Waals surface area contributed by atoms with Crippen LogP contribution in [0.15, 0.2) is 60.8 Å². The number of para-hydroxylation sites is 1. The van der Waals surface area contributed by atoms with E-state index in [-0.39, 0.29) is 5.82 Å². The normalized spacial score (nSPS) is 9.95. The molecular formula is C17H10FN. The molecule has 1 nitrogen and oxygen atoms in total. The Morgan fingerprint density at radius 2 is 1.63 bits per heavy atom. The van der Waals surface area contributed by atoms with Gasteiger partial charge in [0.15, 0.2) is 0 Å². The second kappa shape index (κ2) is 4.91. The van der Waals surface area contributed by atoms with Gasteiger partial charge in [-0.05, 0) is 36.4 Å². The lowest BCUT2D eigenvalue weighted by molar-refractivity contribution is 0.627. The number of halogens is 1. The molecule has 0 bridgehead atoms. The molecule has 19 heavy (non-hydrogen) atoms. The number of rotatable bonds is 0. The van der Waals surface area contributed by atoms with Crippen molar-refractivity contribution in [3.63, 3.8) is 0 Å². The molecule has 0 saturated carbocycles. The molecule has 0 radical (unpaired) electrons. The number of hydrogen-bond donors (Lipinski definition) is 0. The van der Waals surface area contributed by atoms with Gasteiger partial charge in [-0.3, -0.25) is 4.98 Å². The molecule has 3 aromatic rings. The molecule has 3 rings (SSSR count). The fourth-order valence-electron chi connectivity index (χ4n) is 1.88. The molecule has 0 saturated heterocycles. The zero-order valence-electron chi connectivity index (χ0n) is 10.1. The van der Waals surface area contributed by atoms with E-state index in [1.807, 2.05) is 30.3 Å². The standard InChI is InChI=1S/C17H10FN/c18-16-10-7-13(8-11-16)6-9-15-4-1-3-14-5-2-12-19-17(14)15/h1-5,7-8,10-12H. The molecule has 1 heterocycles. The molecular weight excluding hydrogens is 237 g/mol. The van der Waals surface area contributed by atoms with Crippen molar-refractivity contribution >= 4 is 10.9 Å². The van der Waals surface area contributed by atoms with Crippen LogP contribution in [0.3, 0.4) is 0 Å². The van der Waals surface area contributed by atoms with Gasteiger partial charge in [-0.15, -0.1) is 0 Å². The summed E-state index contributed by atoms with van der Waals surface area (Å²) in [6, 6.07) is 16.0. The van der Waals surface area contributed by atoms with Crippen molar-refractivity contribution in [1.29, 1.82) is 0 Å². The van der Waals surface area contributed by atoms with Gasteiger partial charge in [-0.1, -0.05) is 30.0 Å². The third kappa shape index (κ3) is 2.46. The number of aromatic nitrogens is 1. The van der Waals surface area contributed by atoms with Gasteiger partial charge in [-0.2, -0.15) is 0 Å². The number of fused-ring (bicyclic) bond motifs is 1. The first-order valence-corrected chi connectivity index (χ1v) is 5.94. The summed E-state index contributed by atoms with van der Waals surface area (Å²) in [4.78, 5) is 4.35. The van der Waals surface area contributed by atoms with Crippen molar-refractivity contribution in [3.8, 4) is 11.8 Å². The van der Waals surface area contributed by atoms with Crippen LogP contribution >= 0.6 is 0 Å². The Balaban J connectivity index is 2.05. The quantitative estimate of drug-likeness (QED) is 0.551. The van der Waals surface area contributed by atoms with Crippen molar-refractivity contribution in [3.05, 3.63) is 77.7 Å². The lowest BCUT2D eigenvalue weighted by Gasteiger charge is -1.98. The van der Waals surface area contributed by atoms with Crippen molar-refractivity contribution in [1.82, 2.24) is 4.98 Å². The minimum absolute atomic E-state index is 0.252. The fourth-order valence-corrected chi connectivity index (χ4v) is 1.88. The molecule has 0 fully saturated rings. The van der Waals surface area contributed by atoms with Crippen LogP contribution in [0.4, 0.5) is 4.39 Å². The summed E-state index contributed by atoms with van der Waals surface area (Å²) in [5, 5.41) is 1.06. The lowest BCUT2D eigenvalue weighted by Crippen LogP contribution is -1.83.